The van der Waals surface area contributed by atoms with Crippen LogP contribution >= 0.6 is 11.8 Å². The van der Waals surface area contributed by atoms with E-state index in [4.69, 9.17) is 4.74 Å². The zero-order valence-electron chi connectivity index (χ0n) is 10.8. The third kappa shape index (κ3) is 4.21. The number of hydrogen-bond donors (Lipinski definition) is 1. The highest BCUT2D eigenvalue weighted by molar-refractivity contribution is 7.99. The fraction of sp³-hybridized carbons (Fsp3) is 0.538. The van der Waals surface area contributed by atoms with Crippen molar-refractivity contribution in [3.8, 4) is 5.75 Å². The lowest BCUT2D eigenvalue weighted by Crippen LogP contribution is -2.19. The van der Waals surface area contributed by atoms with Crippen LogP contribution in [0, 0.1) is 5.82 Å². The van der Waals surface area contributed by atoms with E-state index in [-0.39, 0.29) is 11.9 Å². The normalized spacial score (nSPS) is 12.8. The van der Waals surface area contributed by atoms with Gasteiger partial charge in [-0.3, -0.25) is 0 Å². The lowest BCUT2D eigenvalue weighted by Gasteiger charge is -2.18. The smallest absolute Gasteiger partial charge is 0.165 e. The molecule has 0 aliphatic heterocycles. The summed E-state index contributed by atoms with van der Waals surface area (Å²) in [4.78, 5) is 0. The van der Waals surface area contributed by atoms with Gasteiger partial charge in [-0.15, -0.1) is 0 Å². The van der Waals surface area contributed by atoms with Crippen LogP contribution in [0.25, 0.3) is 0 Å². The van der Waals surface area contributed by atoms with Crippen LogP contribution in [-0.2, 0) is 0 Å². The van der Waals surface area contributed by atoms with Crippen molar-refractivity contribution in [3.63, 3.8) is 0 Å². The van der Waals surface area contributed by atoms with Crippen molar-refractivity contribution in [1.29, 1.82) is 0 Å². The van der Waals surface area contributed by atoms with E-state index < -0.39 is 0 Å². The molecular formula is C13H20FNOS. The minimum Gasteiger partial charge on any atom is -0.494 e. The second kappa shape index (κ2) is 6.87. The Morgan fingerprint density at radius 3 is 2.59 bits per heavy atom. The van der Waals surface area contributed by atoms with E-state index in [1.807, 2.05) is 24.9 Å². The van der Waals surface area contributed by atoms with Crippen LogP contribution in [0.15, 0.2) is 18.2 Å². The molecule has 96 valence electrons. The molecular weight excluding hydrogens is 237 g/mol. The van der Waals surface area contributed by atoms with Gasteiger partial charge in [0.2, 0.25) is 0 Å². The van der Waals surface area contributed by atoms with Gasteiger partial charge in [0.15, 0.2) is 11.6 Å². The van der Waals surface area contributed by atoms with Crippen molar-refractivity contribution in [3.05, 3.63) is 29.6 Å². The molecule has 0 radical (unpaired) electrons. The van der Waals surface area contributed by atoms with Gasteiger partial charge in [-0.2, -0.15) is 11.8 Å². The van der Waals surface area contributed by atoms with Gasteiger partial charge in [-0.25, -0.2) is 4.39 Å². The summed E-state index contributed by atoms with van der Waals surface area (Å²) in [5, 5.41) is 3.79. The minimum absolute atomic E-state index is 0.169. The highest BCUT2D eigenvalue weighted by Crippen LogP contribution is 2.25. The van der Waals surface area contributed by atoms with Crippen molar-refractivity contribution in [2.75, 3.05) is 19.9 Å². The van der Waals surface area contributed by atoms with Crippen molar-refractivity contribution < 1.29 is 9.13 Å². The third-order valence-electron chi connectivity index (χ3n) is 2.52. The summed E-state index contributed by atoms with van der Waals surface area (Å²) in [5.74, 6) is 0.917. The maximum absolute atomic E-state index is 13.6. The Balaban J connectivity index is 2.78. The molecule has 4 heteroatoms. The lowest BCUT2D eigenvalue weighted by atomic mass is 10.1. The summed E-state index contributed by atoms with van der Waals surface area (Å²) in [6.07, 6.45) is 0. The van der Waals surface area contributed by atoms with Gasteiger partial charge >= 0.3 is 0 Å². The monoisotopic (exact) mass is 257 g/mol. The molecule has 1 unspecified atom stereocenters. The summed E-state index contributed by atoms with van der Waals surface area (Å²) in [7, 11) is 3.37. The van der Waals surface area contributed by atoms with Gasteiger partial charge < -0.3 is 10.1 Å². The molecule has 0 amide bonds. The Labute approximate surface area is 107 Å². The SMILES string of the molecule is CNC(CSC(C)C)c1ccc(OC)c(F)c1. The molecule has 0 fully saturated rings. The minimum atomic E-state index is -0.306. The zero-order valence-corrected chi connectivity index (χ0v) is 11.6. The molecule has 2 nitrogen and oxygen atoms in total. The van der Waals surface area contributed by atoms with Crippen LogP contribution in [0.2, 0.25) is 0 Å². The van der Waals surface area contributed by atoms with Gasteiger partial charge in [0.25, 0.3) is 0 Å². The van der Waals surface area contributed by atoms with Gasteiger partial charge in [0, 0.05) is 11.8 Å². The van der Waals surface area contributed by atoms with E-state index in [1.54, 1.807) is 12.1 Å². The maximum atomic E-state index is 13.6. The predicted molar refractivity (Wildman–Crippen MR) is 72.3 cm³/mol. The first kappa shape index (κ1) is 14.3. The van der Waals surface area contributed by atoms with E-state index in [0.717, 1.165) is 11.3 Å². The van der Waals surface area contributed by atoms with Gasteiger partial charge in [0.05, 0.1) is 7.11 Å². The van der Waals surface area contributed by atoms with Gasteiger partial charge in [-0.1, -0.05) is 19.9 Å². The predicted octanol–water partition coefficient (Wildman–Crippen LogP) is 3.24. The Bertz CT molecular complexity index is 357. The summed E-state index contributed by atoms with van der Waals surface area (Å²) in [6.45, 7) is 4.32. The third-order valence-corrected chi connectivity index (χ3v) is 3.72. The van der Waals surface area contributed by atoms with Crippen molar-refractivity contribution in [1.82, 2.24) is 5.32 Å². The highest BCUT2D eigenvalue weighted by atomic mass is 32.2. The number of nitrogens with one attached hydrogen (secondary N) is 1. The quantitative estimate of drug-likeness (QED) is 0.845. The fourth-order valence-electron chi connectivity index (χ4n) is 1.53. The molecule has 0 saturated heterocycles. The van der Waals surface area contributed by atoms with Crippen LogP contribution < -0.4 is 10.1 Å². The molecule has 1 aromatic carbocycles. The van der Waals surface area contributed by atoms with E-state index >= 15 is 0 Å². The molecule has 1 atom stereocenters. The number of thioether (sulfide) groups is 1. The number of benzene rings is 1. The summed E-state index contributed by atoms with van der Waals surface area (Å²) in [5.41, 5.74) is 0.957. The van der Waals surface area contributed by atoms with Crippen LogP contribution in [0.4, 0.5) is 4.39 Å². The molecule has 1 aromatic rings. The van der Waals surface area contributed by atoms with Crippen LogP contribution in [-0.4, -0.2) is 25.2 Å². The number of ether oxygens (including phenoxy) is 1. The molecule has 1 rings (SSSR count). The first-order valence-electron chi connectivity index (χ1n) is 5.70. The topological polar surface area (TPSA) is 21.3 Å². The second-order valence-electron chi connectivity index (χ2n) is 4.12. The largest absolute Gasteiger partial charge is 0.494 e. The van der Waals surface area contributed by atoms with Gasteiger partial charge in [-0.05, 0) is 30.0 Å². The Kier molecular flexibility index (Phi) is 5.78. The maximum Gasteiger partial charge on any atom is 0.165 e. The first-order chi connectivity index (χ1) is 8.08. The first-order valence-corrected chi connectivity index (χ1v) is 6.75. The molecule has 17 heavy (non-hydrogen) atoms. The summed E-state index contributed by atoms with van der Waals surface area (Å²) >= 11 is 1.86. The number of rotatable bonds is 6. The van der Waals surface area contributed by atoms with Crippen molar-refractivity contribution in [2.45, 2.75) is 25.1 Å². The molecule has 0 spiro atoms. The van der Waals surface area contributed by atoms with Crippen LogP contribution in [0.1, 0.15) is 25.5 Å². The van der Waals surface area contributed by atoms with Crippen LogP contribution in [0.3, 0.4) is 0 Å². The molecule has 0 aromatic heterocycles. The summed E-state index contributed by atoms with van der Waals surface area (Å²) in [6, 6.07) is 5.29. The molecule has 0 heterocycles. The zero-order chi connectivity index (χ0) is 12.8. The molecule has 1 N–H and O–H groups in total. The van der Waals surface area contributed by atoms with Crippen molar-refractivity contribution >= 4 is 11.8 Å². The molecule has 0 bridgehead atoms. The van der Waals surface area contributed by atoms with Crippen LogP contribution in [0.5, 0.6) is 5.75 Å². The average Bonchev–Trinajstić information content (AvgIpc) is 2.29. The highest BCUT2D eigenvalue weighted by Gasteiger charge is 2.13. The number of hydrogen-bond acceptors (Lipinski definition) is 3. The standard InChI is InChI=1S/C13H20FNOS/c1-9(2)17-8-12(15-3)10-5-6-13(16-4)11(14)7-10/h5-7,9,12,15H,8H2,1-4H3. The lowest BCUT2D eigenvalue weighted by molar-refractivity contribution is 0.385. The number of methoxy groups -OCH3 is 1. The summed E-state index contributed by atoms with van der Waals surface area (Å²) < 4.78 is 18.5. The van der Waals surface area contributed by atoms with Gasteiger partial charge in [0.1, 0.15) is 0 Å². The second-order valence-corrected chi connectivity index (χ2v) is 5.73. The Morgan fingerprint density at radius 2 is 2.12 bits per heavy atom. The van der Waals surface area contributed by atoms with E-state index in [1.165, 1.54) is 7.11 Å². The molecule has 0 aliphatic carbocycles. The molecule has 0 aliphatic rings. The molecule has 0 saturated carbocycles. The van der Waals surface area contributed by atoms with E-state index in [9.17, 15) is 4.39 Å². The van der Waals surface area contributed by atoms with E-state index in [2.05, 4.69) is 19.2 Å². The number of halogens is 1. The fourth-order valence-corrected chi connectivity index (χ4v) is 2.47. The average molecular weight is 257 g/mol. The van der Waals surface area contributed by atoms with Crippen molar-refractivity contribution in [2.24, 2.45) is 0 Å². The Morgan fingerprint density at radius 1 is 1.41 bits per heavy atom. The Hall–Kier alpha value is -0.740. The van der Waals surface area contributed by atoms with E-state index in [0.29, 0.717) is 11.0 Å².